The summed E-state index contributed by atoms with van der Waals surface area (Å²) in [5.41, 5.74) is -1.03. The van der Waals surface area contributed by atoms with Gasteiger partial charge in [0.2, 0.25) is 6.41 Å². The molecule has 2 aromatic heterocycles. The van der Waals surface area contributed by atoms with E-state index in [0.717, 1.165) is 11.8 Å². The van der Waals surface area contributed by atoms with Crippen LogP contribution in [0.5, 0.6) is 0 Å². The molecule has 0 spiro atoms. The minimum absolute atomic E-state index is 0.0354. The first kappa shape index (κ1) is 13.8. The molecule has 3 rings (SSSR count). The number of fused-ring (bicyclic) bond motifs is 3. The molecule has 112 valence electrons. The average molecular weight is 298 g/mol. The van der Waals surface area contributed by atoms with Crippen molar-refractivity contribution in [3.63, 3.8) is 0 Å². The number of anilines is 1. The predicted molar refractivity (Wildman–Crippen MR) is 69.2 cm³/mol. The maximum atomic E-state index is 13.5. The molecule has 0 saturated heterocycles. The van der Waals surface area contributed by atoms with E-state index in [1.807, 2.05) is 6.92 Å². The normalized spacial score (nSPS) is 21.9. The lowest BCUT2D eigenvalue weighted by molar-refractivity contribution is -0.181. The van der Waals surface area contributed by atoms with Gasteiger partial charge in [-0.1, -0.05) is 6.92 Å². The van der Waals surface area contributed by atoms with Crippen molar-refractivity contribution in [1.82, 2.24) is 14.6 Å². The highest BCUT2D eigenvalue weighted by molar-refractivity contribution is 5.81. The third kappa shape index (κ3) is 1.74. The Kier molecular flexibility index (Phi) is 2.76. The van der Waals surface area contributed by atoms with E-state index in [0.29, 0.717) is 24.2 Å². The van der Waals surface area contributed by atoms with E-state index in [1.54, 1.807) is 6.07 Å². The molecular formula is C13H13F3N4O. The average Bonchev–Trinajstić information content (AvgIpc) is 2.96. The molecule has 8 heteroatoms. The number of rotatable bonds is 2. The van der Waals surface area contributed by atoms with Crippen LogP contribution in [0, 0.1) is 0 Å². The zero-order valence-electron chi connectivity index (χ0n) is 11.5. The molecular weight excluding hydrogens is 285 g/mol. The van der Waals surface area contributed by atoms with Crippen LogP contribution in [0.1, 0.15) is 25.2 Å². The number of carbonyl (C=O) groups is 1. The number of halogens is 3. The van der Waals surface area contributed by atoms with E-state index in [4.69, 9.17) is 0 Å². The van der Waals surface area contributed by atoms with E-state index in [-0.39, 0.29) is 11.4 Å². The van der Waals surface area contributed by atoms with Gasteiger partial charge in [-0.05, 0) is 13.3 Å². The molecule has 0 aromatic carbocycles. The summed E-state index contributed by atoms with van der Waals surface area (Å²) in [5, 5.41) is 4.19. The van der Waals surface area contributed by atoms with Gasteiger partial charge in [0.25, 0.3) is 0 Å². The Hall–Kier alpha value is -2.12. The predicted octanol–water partition coefficient (Wildman–Crippen LogP) is 2.09. The minimum Gasteiger partial charge on any atom is -0.311 e. The van der Waals surface area contributed by atoms with Crippen LogP contribution in [0.2, 0.25) is 0 Å². The Morgan fingerprint density at radius 3 is 2.76 bits per heavy atom. The molecule has 1 atom stereocenters. The topological polar surface area (TPSA) is 50.5 Å². The van der Waals surface area contributed by atoms with E-state index in [2.05, 4.69) is 10.1 Å². The number of carbonyl (C=O) groups excluding carboxylic acids is 1. The zero-order valence-corrected chi connectivity index (χ0v) is 11.5. The summed E-state index contributed by atoms with van der Waals surface area (Å²) in [5.74, 6) is 0. The number of aryl methyl sites for hydroxylation is 1. The highest BCUT2D eigenvalue weighted by atomic mass is 19.4. The minimum atomic E-state index is -4.49. The number of amides is 1. The zero-order chi connectivity index (χ0) is 15.4. The third-order valence-electron chi connectivity index (χ3n) is 3.95. The summed E-state index contributed by atoms with van der Waals surface area (Å²) in [6.07, 6.45) is -2.20. The van der Waals surface area contributed by atoms with Crippen LogP contribution < -0.4 is 4.90 Å². The summed E-state index contributed by atoms with van der Waals surface area (Å²) in [6.45, 7) is 2.49. The first-order chi connectivity index (χ1) is 9.81. The number of hydrogen-bond acceptors (Lipinski definition) is 3. The van der Waals surface area contributed by atoms with Gasteiger partial charge in [0, 0.05) is 12.6 Å². The van der Waals surface area contributed by atoms with Gasteiger partial charge in [0.1, 0.15) is 5.41 Å². The van der Waals surface area contributed by atoms with Gasteiger partial charge in [-0.3, -0.25) is 4.79 Å². The first-order valence-corrected chi connectivity index (χ1v) is 6.48. The number of hydrogen-bond donors (Lipinski definition) is 0. The Morgan fingerprint density at radius 1 is 1.48 bits per heavy atom. The van der Waals surface area contributed by atoms with Gasteiger partial charge in [-0.25, -0.2) is 9.50 Å². The molecule has 3 heterocycles. The standard InChI is InChI=1S/C13H13F3N4O/c1-3-8-4-10-17-5-9-11(20(10)18-8)12(2,13(14,15)16)6-19(9)7-21/h4-5,7H,3,6H2,1-2H3/t12-/m1/s1. The fourth-order valence-electron chi connectivity index (χ4n) is 2.69. The first-order valence-electron chi connectivity index (χ1n) is 6.48. The highest BCUT2D eigenvalue weighted by Crippen LogP contribution is 2.49. The van der Waals surface area contributed by atoms with Crippen molar-refractivity contribution in [3.05, 3.63) is 23.7 Å². The molecule has 1 aliphatic heterocycles. The van der Waals surface area contributed by atoms with Gasteiger partial charge < -0.3 is 4.90 Å². The Morgan fingerprint density at radius 2 is 2.19 bits per heavy atom. The maximum absolute atomic E-state index is 13.5. The fraction of sp³-hybridized carbons (Fsp3) is 0.462. The van der Waals surface area contributed by atoms with Gasteiger partial charge in [0.05, 0.1) is 23.3 Å². The molecule has 0 aliphatic carbocycles. The summed E-state index contributed by atoms with van der Waals surface area (Å²) in [6, 6.07) is 1.65. The van der Waals surface area contributed by atoms with Crippen molar-refractivity contribution in [2.75, 3.05) is 11.4 Å². The van der Waals surface area contributed by atoms with Crippen LogP contribution in [0.3, 0.4) is 0 Å². The van der Waals surface area contributed by atoms with E-state index < -0.39 is 18.1 Å². The lowest BCUT2D eigenvalue weighted by atomic mass is 9.88. The Labute approximate surface area is 118 Å². The molecule has 0 saturated carbocycles. The lowest BCUT2D eigenvalue weighted by Gasteiger charge is -2.27. The third-order valence-corrected chi connectivity index (χ3v) is 3.95. The fourth-order valence-corrected chi connectivity index (χ4v) is 2.69. The molecule has 0 N–H and O–H groups in total. The van der Waals surface area contributed by atoms with Gasteiger partial charge in [-0.15, -0.1) is 0 Å². The van der Waals surface area contributed by atoms with Crippen LogP contribution in [0.4, 0.5) is 18.9 Å². The molecule has 1 aliphatic rings. The quantitative estimate of drug-likeness (QED) is 0.798. The van der Waals surface area contributed by atoms with Gasteiger partial charge in [0.15, 0.2) is 5.65 Å². The molecule has 0 unspecified atom stereocenters. The Balaban J connectivity index is 2.35. The smallest absolute Gasteiger partial charge is 0.311 e. The van der Waals surface area contributed by atoms with Crippen LogP contribution in [-0.4, -0.2) is 33.7 Å². The van der Waals surface area contributed by atoms with Crippen LogP contribution in [0.15, 0.2) is 12.3 Å². The van der Waals surface area contributed by atoms with Gasteiger partial charge in [-0.2, -0.15) is 18.3 Å². The van der Waals surface area contributed by atoms with Gasteiger partial charge >= 0.3 is 6.18 Å². The van der Waals surface area contributed by atoms with E-state index in [9.17, 15) is 18.0 Å². The van der Waals surface area contributed by atoms with E-state index >= 15 is 0 Å². The summed E-state index contributed by atoms with van der Waals surface area (Å²) >= 11 is 0. The van der Waals surface area contributed by atoms with Crippen molar-refractivity contribution in [3.8, 4) is 0 Å². The second-order valence-electron chi connectivity index (χ2n) is 5.31. The molecule has 0 fully saturated rings. The van der Waals surface area contributed by atoms with Crippen molar-refractivity contribution in [1.29, 1.82) is 0 Å². The monoisotopic (exact) mass is 298 g/mol. The van der Waals surface area contributed by atoms with Crippen molar-refractivity contribution in [2.24, 2.45) is 0 Å². The van der Waals surface area contributed by atoms with E-state index in [1.165, 1.54) is 10.7 Å². The molecule has 21 heavy (non-hydrogen) atoms. The number of nitrogens with zero attached hydrogens (tertiary/aromatic N) is 4. The summed E-state index contributed by atoms with van der Waals surface area (Å²) in [7, 11) is 0. The van der Waals surface area contributed by atoms with Crippen LogP contribution >= 0.6 is 0 Å². The molecule has 0 radical (unpaired) electrons. The maximum Gasteiger partial charge on any atom is 0.401 e. The number of aromatic nitrogens is 3. The van der Waals surface area contributed by atoms with Crippen molar-refractivity contribution in [2.45, 2.75) is 31.9 Å². The molecule has 1 amide bonds. The molecule has 2 aromatic rings. The second kappa shape index (κ2) is 4.19. The second-order valence-corrected chi connectivity index (χ2v) is 5.31. The number of alkyl halides is 3. The lowest BCUT2D eigenvalue weighted by Crippen LogP contribution is -2.44. The van der Waals surface area contributed by atoms with Crippen molar-refractivity contribution < 1.29 is 18.0 Å². The SMILES string of the molecule is CCc1cc2ncc3c(n2n1)[C@](C)(C(F)(F)F)CN3C=O. The molecule has 0 bridgehead atoms. The highest BCUT2D eigenvalue weighted by Gasteiger charge is 2.59. The largest absolute Gasteiger partial charge is 0.401 e. The van der Waals surface area contributed by atoms with Crippen LogP contribution in [0.25, 0.3) is 5.65 Å². The van der Waals surface area contributed by atoms with Crippen LogP contribution in [-0.2, 0) is 16.6 Å². The molecule has 5 nitrogen and oxygen atoms in total. The summed E-state index contributed by atoms with van der Waals surface area (Å²) in [4.78, 5) is 16.2. The summed E-state index contributed by atoms with van der Waals surface area (Å²) < 4.78 is 41.9. The Bertz CT molecular complexity index is 724. The van der Waals surface area contributed by atoms with Crippen molar-refractivity contribution >= 4 is 17.7 Å².